The van der Waals surface area contributed by atoms with E-state index < -0.39 is 0 Å². The molecule has 0 aromatic heterocycles. The molecular formula is C28H20Cl2O2. The highest BCUT2D eigenvalue weighted by Gasteiger charge is 2.20. The van der Waals surface area contributed by atoms with Crippen LogP contribution in [0.15, 0.2) is 84.9 Å². The third kappa shape index (κ3) is 3.37. The van der Waals surface area contributed by atoms with Gasteiger partial charge in [-0.15, -0.1) is 0 Å². The van der Waals surface area contributed by atoms with Crippen molar-refractivity contribution < 1.29 is 9.47 Å². The molecule has 5 aromatic rings. The van der Waals surface area contributed by atoms with Crippen LogP contribution >= 0.6 is 23.2 Å². The highest BCUT2D eigenvalue weighted by atomic mass is 35.5. The lowest BCUT2D eigenvalue weighted by Gasteiger charge is -2.19. The molecule has 0 atom stereocenters. The molecule has 0 N–H and O–H groups in total. The summed E-state index contributed by atoms with van der Waals surface area (Å²) in [6, 6.07) is 28.2. The predicted molar refractivity (Wildman–Crippen MR) is 135 cm³/mol. The zero-order chi connectivity index (χ0) is 22.2. The molecule has 0 radical (unpaired) electrons. The van der Waals surface area contributed by atoms with E-state index in [1.54, 1.807) is 14.2 Å². The molecule has 0 spiro atoms. The second-order valence-electron chi connectivity index (χ2n) is 7.53. The van der Waals surface area contributed by atoms with Crippen molar-refractivity contribution in [1.82, 2.24) is 0 Å². The van der Waals surface area contributed by atoms with E-state index in [1.165, 1.54) is 0 Å². The van der Waals surface area contributed by atoms with E-state index in [0.29, 0.717) is 10.0 Å². The molecule has 2 nitrogen and oxygen atoms in total. The lowest BCUT2D eigenvalue weighted by molar-refractivity contribution is 0.415. The molecule has 0 aliphatic rings. The number of halogens is 2. The van der Waals surface area contributed by atoms with Crippen LogP contribution in [0.2, 0.25) is 10.0 Å². The number of hydrogen-bond donors (Lipinski definition) is 0. The molecule has 0 saturated heterocycles. The van der Waals surface area contributed by atoms with E-state index in [0.717, 1.165) is 55.3 Å². The molecule has 0 heterocycles. The van der Waals surface area contributed by atoms with Crippen molar-refractivity contribution in [2.75, 3.05) is 14.2 Å². The second kappa shape index (κ2) is 8.38. The maximum Gasteiger partial charge on any atom is 0.118 e. The van der Waals surface area contributed by atoms with Gasteiger partial charge < -0.3 is 9.47 Å². The van der Waals surface area contributed by atoms with Crippen molar-refractivity contribution in [3.05, 3.63) is 95.0 Å². The molecule has 0 unspecified atom stereocenters. The number of methoxy groups -OCH3 is 2. The van der Waals surface area contributed by atoms with Crippen molar-refractivity contribution >= 4 is 44.7 Å². The molecular weight excluding hydrogens is 439 g/mol. The first kappa shape index (κ1) is 20.7. The third-order valence-corrected chi connectivity index (χ3v) is 6.45. The van der Waals surface area contributed by atoms with Gasteiger partial charge in [0.15, 0.2) is 0 Å². The lowest BCUT2D eigenvalue weighted by Crippen LogP contribution is -1.93. The highest BCUT2D eigenvalue weighted by Crippen LogP contribution is 2.48. The first-order chi connectivity index (χ1) is 15.6. The van der Waals surface area contributed by atoms with Crippen LogP contribution in [0.5, 0.6) is 11.5 Å². The van der Waals surface area contributed by atoms with Gasteiger partial charge >= 0.3 is 0 Å². The normalized spacial score (nSPS) is 11.1. The van der Waals surface area contributed by atoms with Gasteiger partial charge in [-0.25, -0.2) is 0 Å². The van der Waals surface area contributed by atoms with Crippen LogP contribution in [0, 0.1) is 0 Å². The summed E-state index contributed by atoms with van der Waals surface area (Å²) in [6.45, 7) is 0. The molecule has 0 saturated carbocycles. The van der Waals surface area contributed by atoms with Gasteiger partial charge in [0.05, 0.1) is 14.2 Å². The SMILES string of the molecule is COc1ccc(-c2c3cccc(Cl)c3c(-c3ccc(OC)cc3)c3cccc(Cl)c23)cc1. The smallest absolute Gasteiger partial charge is 0.118 e. The Hall–Kier alpha value is -3.20. The first-order valence-corrected chi connectivity index (χ1v) is 11.0. The topological polar surface area (TPSA) is 18.5 Å². The Bertz CT molecular complexity index is 1330. The first-order valence-electron chi connectivity index (χ1n) is 10.2. The zero-order valence-corrected chi connectivity index (χ0v) is 19.2. The van der Waals surface area contributed by atoms with E-state index in [4.69, 9.17) is 32.7 Å². The number of rotatable bonds is 4. The predicted octanol–water partition coefficient (Wildman–Crippen LogP) is 8.65. The molecule has 0 fully saturated rings. The zero-order valence-electron chi connectivity index (χ0n) is 17.7. The van der Waals surface area contributed by atoms with Gasteiger partial charge in [-0.05, 0) is 69.4 Å². The van der Waals surface area contributed by atoms with E-state index in [9.17, 15) is 0 Å². The Labute approximate surface area is 196 Å². The van der Waals surface area contributed by atoms with Gasteiger partial charge in [0, 0.05) is 20.8 Å². The van der Waals surface area contributed by atoms with E-state index in [2.05, 4.69) is 36.4 Å². The minimum Gasteiger partial charge on any atom is -0.497 e. The monoisotopic (exact) mass is 458 g/mol. The van der Waals surface area contributed by atoms with Crippen molar-refractivity contribution in [3.63, 3.8) is 0 Å². The van der Waals surface area contributed by atoms with E-state index in [-0.39, 0.29) is 0 Å². The van der Waals surface area contributed by atoms with Gasteiger partial charge in [0.25, 0.3) is 0 Å². The van der Waals surface area contributed by atoms with Crippen LogP contribution in [0.25, 0.3) is 43.8 Å². The van der Waals surface area contributed by atoms with Crippen LogP contribution in [0.3, 0.4) is 0 Å². The third-order valence-electron chi connectivity index (χ3n) is 5.82. The number of hydrogen-bond acceptors (Lipinski definition) is 2. The average Bonchev–Trinajstić information content (AvgIpc) is 2.83. The summed E-state index contributed by atoms with van der Waals surface area (Å²) in [4.78, 5) is 0. The molecule has 32 heavy (non-hydrogen) atoms. The summed E-state index contributed by atoms with van der Waals surface area (Å²) in [5, 5.41) is 5.50. The molecule has 158 valence electrons. The molecule has 0 amide bonds. The fourth-order valence-electron chi connectivity index (χ4n) is 4.36. The summed E-state index contributed by atoms with van der Waals surface area (Å²) in [6.07, 6.45) is 0. The van der Waals surface area contributed by atoms with Crippen LogP contribution in [-0.2, 0) is 0 Å². The Morgan fingerprint density at radius 3 is 1.22 bits per heavy atom. The largest absolute Gasteiger partial charge is 0.497 e. The number of fused-ring (bicyclic) bond motifs is 2. The quantitative estimate of drug-likeness (QED) is 0.250. The number of benzene rings is 5. The fraction of sp³-hybridized carbons (Fsp3) is 0.0714. The molecule has 5 aromatic carbocycles. The van der Waals surface area contributed by atoms with Crippen molar-refractivity contribution in [1.29, 1.82) is 0 Å². The van der Waals surface area contributed by atoms with Gasteiger partial charge in [0.2, 0.25) is 0 Å². The Morgan fingerprint density at radius 1 is 0.500 bits per heavy atom. The highest BCUT2D eigenvalue weighted by molar-refractivity contribution is 6.42. The molecule has 0 aliphatic heterocycles. The van der Waals surface area contributed by atoms with Crippen molar-refractivity contribution in [3.8, 4) is 33.8 Å². The Balaban J connectivity index is 1.96. The average molecular weight is 459 g/mol. The fourth-order valence-corrected chi connectivity index (χ4v) is 4.90. The molecule has 4 heteroatoms. The standard InChI is InChI=1S/C28H20Cl2O2/c1-31-19-13-9-17(10-14-19)25-21-5-3-8-24(30)28(21)26(18-11-15-20(32-2)16-12-18)22-6-4-7-23(29)27(22)25/h3-16H,1-2H3. The summed E-state index contributed by atoms with van der Waals surface area (Å²) in [5.41, 5.74) is 4.22. The summed E-state index contributed by atoms with van der Waals surface area (Å²) >= 11 is 13.7. The van der Waals surface area contributed by atoms with Crippen molar-refractivity contribution in [2.24, 2.45) is 0 Å². The lowest BCUT2D eigenvalue weighted by atomic mass is 9.86. The number of ether oxygens (including phenoxy) is 2. The minimum atomic E-state index is 0.699. The van der Waals surface area contributed by atoms with Crippen LogP contribution < -0.4 is 9.47 Å². The van der Waals surface area contributed by atoms with Gasteiger partial charge in [-0.3, -0.25) is 0 Å². The summed E-state index contributed by atoms with van der Waals surface area (Å²) in [5.74, 6) is 1.61. The Morgan fingerprint density at radius 2 is 0.875 bits per heavy atom. The maximum absolute atomic E-state index is 6.84. The van der Waals surface area contributed by atoms with Crippen LogP contribution in [0.1, 0.15) is 0 Å². The molecule has 0 bridgehead atoms. The van der Waals surface area contributed by atoms with E-state index in [1.807, 2.05) is 48.5 Å². The maximum atomic E-state index is 6.84. The van der Waals surface area contributed by atoms with Gasteiger partial charge in [0.1, 0.15) is 11.5 Å². The van der Waals surface area contributed by atoms with Gasteiger partial charge in [-0.1, -0.05) is 71.7 Å². The second-order valence-corrected chi connectivity index (χ2v) is 8.35. The molecule has 5 rings (SSSR count). The van der Waals surface area contributed by atoms with E-state index >= 15 is 0 Å². The minimum absolute atomic E-state index is 0.699. The van der Waals surface area contributed by atoms with Gasteiger partial charge in [-0.2, -0.15) is 0 Å². The Kier molecular flexibility index (Phi) is 5.42. The van der Waals surface area contributed by atoms with Crippen molar-refractivity contribution in [2.45, 2.75) is 0 Å². The van der Waals surface area contributed by atoms with Crippen LogP contribution in [-0.4, -0.2) is 14.2 Å². The summed E-state index contributed by atoms with van der Waals surface area (Å²) in [7, 11) is 3.33. The summed E-state index contributed by atoms with van der Waals surface area (Å²) < 4.78 is 10.7. The van der Waals surface area contributed by atoms with Crippen LogP contribution in [0.4, 0.5) is 0 Å². The molecule has 0 aliphatic carbocycles.